The van der Waals surface area contributed by atoms with Gasteiger partial charge in [0.25, 0.3) is 0 Å². The van der Waals surface area contributed by atoms with Crippen molar-refractivity contribution < 1.29 is 24.4 Å². The predicted octanol–water partition coefficient (Wildman–Crippen LogP) is 2.27. The van der Waals surface area contributed by atoms with Crippen LogP contribution in [0, 0.1) is 0 Å². The quantitative estimate of drug-likeness (QED) is 0.907. The Balaban J connectivity index is 1.81. The average molecular weight is 288 g/mol. The molecule has 2 N–H and O–H groups in total. The lowest BCUT2D eigenvalue weighted by molar-refractivity contribution is -0.0105. The smallest absolute Gasteiger partial charge is 0.163 e. The van der Waals surface area contributed by atoms with Crippen molar-refractivity contribution in [1.29, 1.82) is 0 Å². The number of aliphatic hydroxyl groups excluding tert-OH is 1. The van der Waals surface area contributed by atoms with E-state index in [1.807, 2.05) is 12.1 Å². The van der Waals surface area contributed by atoms with Gasteiger partial charge in [0.05, 0.1) is 7.11 Å². The Hall–Kier alpha value is -2.40. The van der Waals surface area contributed by atoms with Gasteiger partial charge in [-0.2, -0.15) is 0 Å². The zero-order valence-corrected chi connectivity index (χ0v) is 11.5. The van der Waals surface area contributed by atoms with Crippen LogP contribution in [0.3, 0.4) is 0 Å². The summed E-state index contributed by atoms with van der Waals surface area (Å²) >= 11 is 0. The van der Waals surface area contributed by atoms with Crippen LogP contribution in [0.2, 0.25) is 0 Å². The zero-order chi connectivity index (χ0) is 14.8. The van der Waals surface area contributed by atoms with Gasteiger partial charge < -0.3 is 24.4 Å². The molecule has 0 saturated heterocycles. The highest BCUT2D eigenvalue weighted by molar-refractivity contribution is 5.43. The van der Waals surface area contributed by atoms with Crippen LogP contribution in [0.4, 0.5) is 0 Å². The molecule has 3 rings (SSSR count). The first-order valence-corrected chi connectivity index (χ1v) is 6.62. The molecule has 2 atom stereocenters. The predicted molar refractivity (Wildman–Crippen MR) is 76.0 cm³/mol. The van der Waals surface area contributed by atoms with E-state index in [9.17, 15) is 10.2 Å². The first-order valence-electron chi connectivity index (χ1n) is 6.62. The van der Waals surface area contributed by atoms with Crippen LogP contribution in [0.5, 0.6) is 23.0 Å². The molecule has 5 heteroatoms. The molecular formula is C16H16O5. The van der Waals surface area contributed by atoms with E-state index < -0.39 is 12.2 Å². The van der Waals surface area contributed by atoms with Gasteiger partial charge in [0.15, 0.2) is 6.10 Å². The largest absolute Gasteiger partial charge is 0.508 e. The highest BCUT2D eigenvalue weighted by atomic mass is 16.5. The average Bonchev–Trinajstić information content (AvgIpc) is 2.51. The molecule has 5 nitrogen and oxygen atoms in total. The minimum atomic E-state index is -0.868. The molecule has 110 valence electrons. The highest BCUT2D eigenvalue weighted by Gasteiger charge is 2.31. The third-order valence-electron chi connectivity index (χ3n) is 3.40. The van der Waals surface area contributed by atoms with Gasteiger partial charge in [0.2, 0.25) is 0 Å². The van der Waals surface area contributed by atoms with E-state index in [1.54, 1.807) is 25.3 Å². The Bertz CT molecular complexity index is 640. The van der Waals surface area contributed by atoms with E-state index in [1.165, 1.54) is 12.1 Å². The second-order valence-corrected chi connectivity index (χ2v) is 4.81. The van der Waals surface area contributed by atoms with E-state index in [2.05, 4.69) is 0 Å². The summed E-state index contributed by atoms with van der Waals surface area (Å²) in [5.74, 6) is 1.91. The van der Waals surface area contributed by atoms with Crippen molar-refractivity contribution in [3.63, 3.8) is 0 Å². The molecule has 1 heterocycles. The molecule has 2 aromatic carbocycles. The summed E-state index contributed by atoms with van der Waals surface area (Å²) in [5.41, 5.74) is 0.522. The Labute approximate surface area is 122 Å². The molecule has 1 aliphatic rings. The maximum Gasteiger partial charge on any atom is 0.163 e. The number of phenolic OH excluding ortho intramolecular Hbond substituents is 1. The lowest BCUT2D eigenvalue weighted by atomic mass is 10.0. The SMILES string of the molecule is COc1cccc(O[C@@H]2COc3ccc(O)cc3[C@@H]2O)c1. The van der Waals surface area contributed by atoms with Gasteiger partial charge in [0, 0.05) is 11.6 Å². The van der Waals surface area contributed by atoms with E-state index in [0.717, 1.165) is 0 Å². The molecular weight excluding hydrogens is 272 g/mol. The van der Waals surface area contributed by atoms with Crippen LogP contribution in [0.25, 0.3) is 0 Å². The summed E-state index contributed by atoms with van der Waals surface area (Å²) in [5, 5.41) is 19.9. The molecule has 0 bridgehead atoms. The molecule has 0 aliphatic carbocycles. The first kappa shape index (κ1) is 13.6. The molecule has 0 fully saturated rings. The summed E-state index contributed by atoms with van der Waals surface area (Å²) in [6.07, 6.45) is -1.42. The summed E-state index contributed by atoms with van der Waals surface area (Å²) in [7, 11) is 1.58. The number of methoxy groups -OCH3 is 1. The van der Waals surface area contributed by atoms with Crippen LogP contribution >= 0.6 is 0 Å². The van der Waals surface area contributed by atoms with Crippen molar-refractivity contribution in [3.8, 4) is 23.0 Å². The Morgan fingerprint density at radius 2 is 1.95 bits per heavy atom. The van der Waals surface area contributed by atoms with Gasteiger partial charge in [-0.15, -0.1) is 0 Å². The summed E-state index contributed by atoms with van der Waals surface area (Å²) in [4.78, 5) is 0. The third-order valence-corrected chi connectivity index (χ3v) is 3.40. The van der Waals surface area contributed by atoms with E-state index >= 15 is 0 Å². The maximum atomic E-state index is 10.4. The zero-order valence-electron chi connectivity index (χ0n) is 11.5. The van der Waals surface area contributed by atoms with E-state index in [-0.39, 0.29) is 12.4 Å². The molecule has 0 unspecified atom stereocenters. The summed E-state index contributed by atoms with van der Waals surface area (Å²) in [6, 6.07) is 11.8. The van der Waals surface area contributed by atoms with Crippen LogP contribution < -0.4 is 14.2 Å². The Kier molecular flexibility index (Phi) is 3.58. The monoisotopic (exact) mass is 288 g/mol. The lowest BCUT2D eigenvalue weighted by Crippen LogP contribution is -2.35. The second kappa shape index (κ2) is 5.54. The fraction of sp³-hybridized carbons (Fsp3) is 0.250. The minimum absolute atomic E-state index is 0.0819. The summed E-state index contributed by atoms with van der Waals surface area (Å²) in [6.45, 7) is 0.232. The number of rotatable bonds is 3. The third kappa shape index (κ3) is 2.73. The molecule has 1 aliphatic heterocycles. The number of aromatic hydroxyl groups is 1. The van der Waals surface area contributed by atoms with Crippen molar-refractivity contribution in [2.24, 2.45) is 0 Å². The highest BCUT2D eigenvalue weighted by Crippen LogP contribution is 2.36. The minimum Gasteiger partial charge on any atom is -0.508 e. The van der Waals surface area contributed by atoms with Crippen molar-refractivity contribution in [2.45, 2.75) is 12.2 Å². The van der Waals surface area contributed by atoms with Gasteiger partial charge in [-0.3, -0.25) is 0 Å². The molecule has 2 aromatic rings. The number of aliphatic hydroxyl groups is 1. The maximum absolute atomic E-state index is 10.4. The van der Waals surface area contributed by atoms with Crippen LogP contribution in [-0.2, 0) is 0 Å². The van der Waals surface area contributed by atoms with Gasteiger partial charge in [-0.25, -0.2) is 0 Å². The fourth-order valence-corrected chi connectivity index (χ4v) is 2.31. The van der Waals surface area contributed by atoms with Gasteiger partial charge >= 0.3 is 0 Å². The fourth-order valence-electron chi connectivity index (χ4n) is 2.31. The van der Waals surface area contributed by atoms with Crippen LogP contribution in [-0.4, -0.2) is 30.0 Å². The van der Waals surface area contributed by atoms with E-state index in [4.69, 9.17) is 14.2 Å². The van der Waals surface area contributed by atoms with Crippen LogP contribution in [0.1, 0.15) is 11.7 Å². The molecule has 0 saturated carbocycles. The van der Waals surface area contributed by atoms with Gasteiger partial charge in [-0.05, 0) is 30.3 Å². The van der Waals surface area contributed by atoms with Crippen molar-refractivity contribution in [1.82, 2.24) is 0 Å². The number of hydrogen-bond acceptors (Lipinski definition) is 5. The Morgan fingerprint density at radius 3 is 2.76 bits per heavy atom. The number of ether oxygens (including phenoxy) is 3. The van der Waals surface area contributed by atoms with E-state index in [0.29, 0.717) is 22.8 Å². The molecule has 0 aromatic heterocycles. The lowest BCUT2D eigenvalue weighted by Gasteiger charge is -2.30. The van der Waals surface area contributed by atoms with Gasteiger partial charge in [-0.1, -0.05) is 6.07 Å². The molecule has 0 radical (unpaired) electrons. The standard InChI is InChI=1S/C16H16O5/c1-19-11-3-2-4-12(8-11)21-15-9-20-14-6-5-10(17)7-13(14)16(15)18/h2-8,15-18H,9H2,1H3/t15-,16+/m1/s1. The second-order valence-electron chi connectivity index (χ2n) is 4.81. The van der Waals surface area contributed by atoms with Crippen molar-refractivity contribution in [2.75, 3.05) is 13.7 Å². The van der Waals surface area contributed by atoms with Crippen LogP contribution in [0.15, 0.2) is 42.5 Å². The topological polar surface area (TPSA) is 68.2 Å². The molecule has 0 spiro atoms. The first-order chi connectivity index (χ1) is 10.2. The number of phenols is 1. The number of hydrogen-bond donors (Lipinski definition) is 2. The van der Waals surface area contributed by atoms with Crippen molar-refractivity contribution >= 4 is 0 Å². The van der Waals surface area contributed by atoms with Crippen molar-refractivity contribution in [3.05, 3.63) is 48.0 Å². The molecule has 0 amide bonds. The Morgan fingerprint density at radius 1 is 1.14 bits per heavy atom. The molecule has 21 heavy (non-hydrogen) atoms. The number of fused-ring (bicyclic) bond motifs is 1. The normalized spacial score (nSPS) is 20.3. The van der Waals surface area contributed by atoms with Gasteiger partial charge in [0.1, 0.15) is 35.7 Å². The summed E-state index contributed by atoms with van der Waals surface area (Å²) < 4.78 is 16.5. The number of benzene rings is 2.